The molecule has 0 bridgehead atoms. The van der Waals surface area contributed by atoms with Crippen LogP contribution in [-0.4, -0.2) is 127 Å². The number of nitrogens with zero attached hydrogens (tertiary/aromatic N) is 5. The lowest BCUT2D eigenvalue weighted by Crippen LogP contribution is -2.57. The summed E-state index contributed by atoms with van der Waals surface area (Å²) in [4.78, 5) is 65.5. The first-order chi connectivity index (χ1) is 26.3. The van der Waals surface area contributed by atoms with E-state index >= 15 is 0 Å². The van der Waals surface area contributed by atoms with Crippen LogP contribution in [0.15, 0.2) is 72.3 Å². The van der Waals surface area contributed by atoms with Gasteiger partial charge in [0.2, 0.25) is 17.7 Å². The number of carbonyl (C=O) groups excluding carboxylic acids is 4. The molecule has 0 aromatic heterocycles. The lowest BCUT2D eigenvalue weighted by molar-refractivity contribution is -0.158. The van der Waals surface area contributed by atoms with Crippen molar-refractivity contribution in [2.75, 3.05) is 64.8 Å². The van der Waals surface area contributed by atoms with Gasteiger partial charge in [0.25, 0.3) is 0 Å². The molecule has 11 heteroatoms. The van der Waals surface area contributed by atoms with Gasteiger partial charge in [0, 0.05) is 57.6 Å². The highest BCUT2D eigenvalue weighted by molar-refractivity contribution is 5.96. The number of esters is 1. The van der Waals surface area contributed by atoms with Crippen LogP contribution in [0, 0.1) is 11.8 Å². The van der Waals surface area contributed by atoms with Crippen molar-refractivity contribution in [1.82, 2.24) is 24.9 Å². The fourth-order valence-electron chi connectivity index (χ4n) is 8.26. The van der Waals surface area contributed by atoms with E-state index in [0.717, 1.165) is 57.5 Å². The molecule has 55 heavy (non-hydrogen) atoms. The monoisotopic (exact) mass is 756 g/mol. The largest absolute Gasteiger partial charge is 0.455 e. The number of anilines is 1. The number of likely N-dealkylation sites (N-methyl/N-ethyl adjacent to an activating group) is 2. The summed E-state index contributed by atoms with van der Waals surface area (Å²) in [6, 6.07) is 18.3. The number of likely N-dealkylation sites (tertiary alicyclic amines) is 2. The molecule has 0 aliphatic carbocycles. The number of carbonyl (C=O) groups is 4. The third-order valence-corrected chi connectivity index (χ3v) is 11.7. The fraction of sp³-hybridized carbons (Fsp3) is 0.591. The molecule has 5 rings (SSSR count). The number of piperazine rings is 1. The van der Waals surface area contributed by atoms with E-state index in [1.165, 1.54) is 5.69 Å². The lowest BCUT2D eigenvalue weighted by Gasteiger charge is -2.37. The Morgan fingerprint density at radius 3 is 2.07 bits per heavy atom. The zero-order chi connectivity index (χ0) is 39.6. The van der Waals surface area contributed by atoms with Crippen LogP contribution in [0.3, 0.4) is 0 Å². The molecule has 3 saturated heterocycles. The van der Waals surface area contributed by atoms with E-state index in [1.807, 2.05) is 77.2 Å². The molecular weight excluding hydrogens is 693 g/mol. The molecule has 0 saturated carbocycles. The maximum absolute atomic E-state index is 14.1. The minimum absolute atomic E-state index is 0.00905. The van der Waals surface area contributed by atoms with E-state index in [0.29, 0.717) is 31.5 Å². The van der Waals surface area contributed by atoms with Gasteiger partial charge in [0.1, 0.15) is 18.2 Å². The Hall–Kier alpha value is -4.22. The van der Waals surface area contributed by atoms with Gasteiger partial charge in [-0.3, -0.25) is 24.2 Å². The van der Waals surface area contributed by atoms with Crippen molar-refractivity contribution >= 4 is 29.4 Å². The summed E-state index contributed by atoms with van der Waals surface area (Å²) >= 11 is 0. The number of amides is 3. The molecule has 300 valence electrons. The van der Waals surface area contributed by atoms with Gasteiger partial charge in [-0.1, -0.05) is 88.7 Å². The quantitative estimate of drug-likeness (QED) is 0.209. The Bertz CT molecular complexity index is 1610. The van der Waals surface area contributed by atoms with Crippen molar-refractivity contribution in [3.63, 3.8) is 0 Å². The van der Waals surface area contributed by atoms with Crippen LogP contribution in [0.4, 0.5) is 5.69 Å². The summed E-state index contributed by atoms with van der Waals surface area (Å²) in [5.41, 5.74) is 2.62. The maximum Gasteiger partial charge on any atom is 0.329 e. The van der Waals surface area contributed by atoms with Gasteiger partial charge in [-0.25, -0.2) is 4.79 Å². The first-order valence-corrected chi connectivity index (χ1v) is 20.4. The topological polar surface area (TPSA) is 106 Å². The first kappa shape index (κ1) is 41.9. The van der Waals surface area contributed by atoms with Gasteiger partial charge in [-0.05, 0) is 75.7 Å². The van der Waals surface area contributed by atoms with Gasteiger partial charge in [0.15, 0.2) is 0 Å². The molecule has 5 atom stereocenters. The molecule has 11 nitrogen and oxygen atoms in total. The molecule has 2 aromatic carbocycles. The molecule has 0 spiro atoms. The average molecular weight is 757 g/mol. The van der Waals surface area contributed by atoms with E-state index < -0.39 is 24.2 Å². The van der Waals surface area contributed by atoms with Crippen LogP contribution < -0.4 is 10.2 Å². The predicted molar refractivity (Wildman–Crippen MR) is 217 cm³/mol. The summed E-state index contributed by atoms with van der Waals surface area (Å²) in [7, 11) is 3.71. The number of hydrogen-bond acceptors (Lipinski definition) is 8. The Balaban J connectivity index is 1.24. The van der Waals surface area contributed by atoms with E-state index in [9.17, 15) is 19.2 Å². The number of benzene rings is 2. The van der Waals surface area contributed by atoms with Crippen LogP contribution in [0.5, 0.6) is 0 Å². The van der Waals surface area contributed by atoms with Crippen molar-refractivity contribution < 1.29 is 23.9 Å². The van der Waals surface area contributed by atoms with Crippen molar-refractivity contribution in [2.24, 2.45) is 11.8 Å². The van der Waals surface area contributed by atoms with E-state index in [-0.39, 0.29) is 41.6 Å². The minimum atomic E-state index is -0.693. The molecule has 3 aliphatic heterocycles. The Morgan fingerprint density at radius 2 is 1.45 bits per heavy atom. The number of hydrogen-bond donors (Lipinski definition) is 1. The SMILES string of the molecule is CC(=C[C@H](C(C)C)N(C)C(=O)[C@@H](NC(=O)C1CCCCN1C)C(C)C)C(=O)N1CCC[C@H]1C(=O)OC(CN1CCN(c2ccccc2)CC1)c1ccccc1. The van der Waals surface area contributed by atoms with Crippen LogP contribution in [-0.2, 0) is 23.9 Å². The van der Waals surface area contributed by atoms with Gasteiger partial charge in [-0.2, -0.15) is 0 Å². The molecule has 2 aromatic rings. The zero-order valence-corrected chi connectivity index (χ0v) is 34.2. The van der Waals surface area contributed by atoms with Crippen molar-refractivity contribution in [3.05, 3.63) is 77.9 Å². The number of para-hydroxylation sites is 1. The summed E-state index contributed by atoms with van der Waals surface area (Å²) in [5.74, 6) is -1.05. The average Bonchev–Trinajstić information content (AvgIpc) is 3.69. The standard InChI is InChI=1S/C44H64N6O5/c1-31(2)38(47(7)43(53)40(32(3)4)45-41(51)36-21-14-15-23-46(36)6)29-33(5)42(52)50-24-16-22-37(50)44(54)55-39(34-17-10-8-11-18-34)30-48-25-27-49(28-26-48)35-19-12-9-13-20-35/h8-13,17-20,29,31-32,36-40H,14-16,21-28,30H2,1-7H3,(H,45,51)/t36?,37-,38+,39?,40-/m0/s1. The third kappa shape index (κ3) is 10.8. The molecule has 3 heterocycles. The molecule has 3 aliphatic rings. The minimum Gasteiger partial charge on any atom is -0.455 e. The van der Waals surface area contributed by atoms with Crippen LogP contribution in [0.25, 0.3) is 0 Å². The Morgan fingerprint density at radius 1 is 0.818 bits per heavy atom. The second kappa shape index (κ2) is 19.6. The molecule has 3 fully saturated rings. The van der Waals surface area contributed by atoms with Gasteiger partial charge in [-0.15, -0.1) is 0 Å². The highest BCUT2D eigenvalue weighted by Gasteiger charge is 2.39. The summed E-state index contributed by atoms with van der Waals surface area (Å²) in [5, 5.41) is 3.07. The molecular formula is C44H64N6O5. The Labute approximate surface area is 329 Å². The lowest BCUT2D eigenvalue weighted by atomic mass is 9.96. The number of ether oxygens (including phenoxy) is 1. The number of nitrogens with one attached hydrogen (secondary N) is 1. The van der Waals surface area contributed by atoms with Crippen molar-refractivity contribution in [3.8, 4) is 0 Å². The molecule has 1 N–H and O–H groups in total. The van der Waals surface area contributed by atoms with E-state index in [1.54, 1.807) is 23.8 Å². The number of piperidine rings is 1. The van der Waals surface area contributed by atoms with Crippen molar-refractivity contribution in [2.45, 2.75) is 97.0 Å². The summed E-state index contributed by atoms with van der Waals surface area (Å²) < 4.78 is 6.32. The highest BCUT2D eigenvalue weighted by Crippen LogP contribution is 2.27. The maximum atomic E-state index is 14.1. The highest BCUT2D eigenvalue weighted by atomic mass is 16.5. The fourth-order valence-corrected chi connectivity index (χ4v) is 8.26. The van der Waals surface area contributed by atoms with Crippen molar-refractivity contribution in [1.29, 1.82) is 0 Å². The summed E-state index contributed by atoms with van der Waals surface area (Å²) in [6.07, 6.45) is 5.46. The first-order valence-electron chi connectivity index (χ1n) is 20.4. The van der Waals surface area contributed by atoms with Crippen LogP contribution in [0.2, 0.25) is 0 Å². The van der Waals surface area contributed by atoms with Crippen LogP contribution in [0.1, 0.15) is 78.4 Å². The smallest absolute Gasteiger partial charge is 0.329 e. The third-order valence-electron chi connectivity index (χ3n) is 11.7. The second-order valence-corrected chi connectivity index (χ2v) is 16.4. The zero-order valence-electron chi connectivity index (χ0n) is 34.2. The molecule has 0 radical (unpaired) electrons. The van der Waals surface area contributed by atoms with Gasteiger partial charge in [0.05, 0.1) is 12.1 Å². The normalized spacial score (nSPS) is 21.7. The second-order valence-electron chi connectivity index (χ2n) is 16.4. The molecule has 2 unspecified atom stereocenters. The van der Waals surface area contributed by atoms with E-state index in [4.69, 9.17) is 4.74 Å². The van der Waals surface area contributed by atoms with E-state index in [2.05, 4.69) is 44.3 Å². The number of rotatable bonds is 14. The van der Waals surface area contributed by atoms with Gasteiger partial charge < -0.3 is 24.8 Å². The van der Waals surface area contributed by atoms with Crippen LogP contribution >= 0.6 is 0 Å². The predicted octanol–water partition coefficient (Wildman–Crippen LogP) is 5.14. The van der Waals surface area contributed by atoms with Gasteiger partial charge >= 0.3 is 5.97 Å². The molecule has 3 amide bonds. The summed E-state index contributed by atoms with van der Waals surface area (Å²) in [6.45, 7) is 15.1. The Kier molecular flexibility index (Phi) is 14.9.